The lowest BCUT2D eigenvalue weighted by molar-refractivity contribution is -0.117. The fourth-order valence-corrected chi connectivity index (χ4v) is 3.68. The van der Waals surface area contributed by atoms with Gasteiger partial charge in [0.05, 0.1) is 17.5 Å². The second-order valence-electron chi connectivity index (χ2n) is 7.43. The van der Waals surface area contributed by atoms with Crippen molar-refractivity contribution >= 4 is 12.0 Å². The third kappa shape index (κ3) is 4.81. The van der Waals surface area contributed by atoms with Crippen LogP contribution in [0.5, 0.6) is 0 Å². The Kier molecular flexibility index (Phi) is 5.86. The predicted octanol–water partition coefficient (Wildman–Crippen LogP) is 3.97. The van der Waals surface area contributed by atoms with Crippen LogP contribution in [-0.2, 0) is 4.79 Å². The number of para-hydroxylation sites is 1. The van der Waals surface area contributed by atoms with Crippen LogP contribution < -0.4 is 5.32 Å². The zero-order chi connectivity index (χ0) is 20.1. The number of nitrogens with one attached hydrogen (secondary N) is 1. The van der Waals surface area contributed by atoms with E-state index in [-0.39, 0.29) is 18.1 Å². The maximum Gasteiger partial charge on any atom is 0.244 e. The number of aliphatic hydroxyl groups excluding tert-OH is 1. The van der Waals surface area contributed by atoms with Gasteiger partial charge in [-0.15, -0.1) is 0 Å². The largest absolute Gasteiger partial charge is 0.393 e. The van der Waals surface area contributed by atoms with E-state index in [9.17, 15) is 9.90 Å². The summed E-state index contributed by atoms with van der Waals surface area (Å²) in [5, 5.41) is 17.4. The maximum absolute atomic E-state index is 12.4. The summed E-state index contributed by atoms with van der Waals surface area (Å²) in [5.41, 5.74) is 3.69. The Hall–Kier alpha value is -3.18. The molecular weight excluding hydrogens is 362 g/mol. The van der Waals surface area contributed by atoms with Gasteiger partial charge >= 0.3 is 0 Å². The average molecular weight is 387 g/mol. The molecule has 1 heterocycles. The molecule has 1 saturated carbocycles. The highest BCUT2D eigenvalue weighted by molar-refractivity contribution is 5.93. The van der Waals surface area contributed by atoms with Crippen molar-refractivity contribution in [2.24, 2.45) is 0 Å². The first-order valence-corrected chi connectivity index (χ1v) is 10.1. The molecule has 0 aliphatic heterocycles. The molecule has 0 atom stereocenters. The van der Waals surface area contributed by atoms with Crippen LogP contribution in [0.4, 0.5) is 0 Å². The minimum atomic E-state index is -0.226. The molecule has 0 radical (unpaired) electrons. The quantitative estimate of drug-likeness (QED) is 0.651. The van der Waals surface area contributed by atoms with Crippen LogP contribution in [0.25, 0.3) is 23.0 Å². The Morgan fingerprint density at radius 1 is 1.00 bits per heavy atom. The Labute approximate surface area is 170 Å². The second-order valence-corrected chi connectivity index (χ2v) is 7.43. The number of nitrogens with zero attached hydrogens (tertiary/aromatic N) is 2. The number of carbonyl (C=O) groups is 1. The number of hydrogen-bond acceptors (Lipinski definition) is 3. The van der Waals surface area contributed by atoms with Crippen molar-refractivity contribution in [3.8, 4) is 16.9 Å². The molecule has 2 N–H and O–H groups in total. The fourth-order valence-electron chi connectivity index (χ4n) is 3.68. The molecule has 0 unspecified atom stereocenters. The number of carbonyl (C=O) groups excluding carboxylic acids is 1. The number of benzene rings is 2. The molecule has 4 rings (SSSR count). The maximum atomic E-state index is 12.4. The second kappa shape index (κ2) is 8.88. The lowest BCUT2D eigenvalue weighted by Gasteiger charge is -2.25. The molecule has 1 amide bonds. The Morgan fingerprint density at radius 2 is 1.66 bits per heavy atom. The average Bonchev–Trinajstić information content (AvgIpc) is 3.20. The van der Waals surface area contributed by atoms with Gasteiger partial charge in [0.15, 0.2) is 0 Å². The zero-order valence-electron chi connectivity index (χ0n) is 16.2. The number of amides is 1. The van der Waals surface area contributed by atoms with Gasteiger partial charge in [-0.2, -0.15) is 5.10 Å². The first-order valence-electron chi connectivity index (χ1n) is 10.1. The Balaban J connectivity index is 1.56. The molecule has 1 aliphatic carbocycles. The molecule has 1 fully saturated rings. The van der Waals surface area contributed by atoms with Gasteiger partial charge in [0.2, 0.25) is 5.91 Å². The van der Waals surface area contributed by atoms with Crippen LogP contribution in [0.1, 0.15) is 31.2 Å². The molecule has 5 heteroatoms. The molecular formula is C24H25N3O2. The Morgan fingerprint density at radius 3 is 2.34 bits per heavy atom. The van der Waals surface area contributed by atoms with Crippen LogP contribution >= 0.6 is 0 Å². The lowest BCUT2D eigenvalue weighted by atomic mass is 9.93. The monoisotopic (exact) mass is 387 g/mol. The smallest absolute Gasteiger partial charge is 0.244 e. The predicted molar refractivity (Wildman–Crippen MR) is 114 cm³/mol. The van der Waals surface area contributed by atoms with Gasteiger partial charge in [-0.1, -0.05) is 48.5 Å². The third-order valence-electron chi connectivity index (χ3n) is 5.27. The van der Waals surface area contributed by atoms with Gasteiger partial charge in [-0.25, -0.2) is 4.68 Å². The normalized spacial score (nSPS) is 19.3. The minimum absolute atomic E-state index is 0.113. The summed E-state index contributed by atoms with van der Waals surface area (Å²) in [6.07, 6.45) is 8.25. The lowest BCUT2D eigenvalue weighted by Crippen LogP contribution is -2.37. The summed E-state index contributed by atoms with van der Waals surface area (Å²) in [7, 11) is 0. The molecule has 29 heavy (non-hydrogen) atoms. The van der Waals surface area contributed by atoms with E-state index < -0.39 is 0 Å². The Bertz CT molecular complexity index is 972. The van der Waals surface area contributed by atoms with Crippen LogP contribution in [0.15, 0.2) is 72.9 Å². The van der Waals surface area contributed by atoms with Crippen molar-refractivity contribution in [2.45, 2.75) is 37.8 Å². The van der Waals surface area contributed by atoms with Crippen molar-refractivity contribution < 1.29 is 9.90 Å². The molecule has 0 spiro atoms. The highest BCUT2D eigenvalue weighted by atomic mass is 16.3. The molecule has 3 aromatic rings. The first-order chi connectivity index (χ1) is 14.2. The SMILES string of the molecule is O=C(C=Cc1cn(-c2ccccc2)nc1-c1ccccc1)NC1CCC(O)CC1. The van der Waals surface area contributed by atoms with Gasteiger partial charge < -0.3 is 10.4 Å². The van der Waals surface area contributed by atoms with Crippen LogP contribution in [0, 0.1) is 0 Å². The van der Waals surface area contributed by atoms with Crippen LogP contribution in [-0.4, -0.2) is 32.9 Å². The summed E-state index contributed by atoms with van der Waals surface area (Å²) in [6, 6.07) is 20.0. The van der Waals surface area contributed by atoms with E-state index in [2.05, 4.69) is 5.32 Å². The minimum Gasteiger partial charge on any atom is -0.393 e. The molecule has 148 valence electrons. The molecule has 5 nitrogen and oxygen atoms in total. The van der Waals surface area contributed by atoms with Gasteiger partial charge in [0, 0.05) is 29.4 Å². The topological polar surface area (TPSA) is 67.2 Å². The van der Waals surface area contributed by atoms with Crippen LogP contribution in [0.2, 0.25) is 0 Å². The van der Waals surface area contributed by atoms with E-state index in [4.69, 9.17) is 5.10 Å². The molecule has 2 aromatic carbocycles. The van der Waals surface area contributed by atoms with E-state index in [1.807, 2.05) is 77.6 Å². The van der Waals surface area contributed by atoms with E-state index in [1.165, 1.54) is 0 Å². The van der Waals surface area contributed by atoms with Crippen molar-refractivity contribution in [2.75, 3.05) is 0 Å². The molecule has 1 aromatic heterocycles. The van der Waals surface area contributed by atoms with E-state index in [0.29, 0.717) is 0 Å². The summed E-state index contributed by atoms with van der Waals surface area (Å²) in [4.78, 5) is 12.4. The van der Waals surface area contributed by atoms with Gasteiger partial charge in [-0.05, 0) is 43.9 Å². The molecule has 0 saturated heterocycles. The number of rotatable bonds is 5. The van der Waals surface area contributed by atoms with E-state index >= 15 is 0 Å². The summed E-state index contributed by atoms with van der Waals surface area (Å²) in [6.45, 7) is 0. The number of aromatic nitrogens is 2. The molecule has 0 bridgehead atoms. The van der Waals surface area contributed by atoms with Crippen molar-refractivity contribution in [3.63, 3.8) is 0 Å². The fraction of sp³-hybridized carbons (Fsp3) is 0.250. The van der Waals surface area contributed by atoms with E-state index in [0.717, 1.165) is 48.2 Å². The third-order valence-corrected chi connectivity index (χ3v) is 5.27. The number of aliphatic hydroxyl groups is 1. The highest BCUT2D eigenvalue weighted by Crippen LogP contribution is 2.25. The number of hydrogen-bond donors (Lipinski definition) is 2. The van der Waals surface area contributed by atoms with Crippen molar-refractivity contribution in [1.82, 2.24) is 15.1 Å². The van der Waals surface area contributed by atoms with Crippen molar-refractivity contribution in [1.29, 1.82) is 0 Å². The highest BCUT2D eigenvalue weighted by Gasteiger charge is 2.20. The summed E-state index contributed by atoms with van der Waals surface area (Å²) < 4.78 is 1.84. The summed E-state index contributed by atoms with van der Waals surface area (Å²) in [5.74, 6) is -0.113. The zero-order valence-corrected chi connectivity index (χ0v) is 16.2. The first kappa shape index (κ1) is 19.2. The molecule has 1 aliphatic rings. The van der Waals surface area contributed by atoms with Gasteiger partial charge in [-0.3, -0.25) is 4.79 Å². The van der Waals surface area contributed by atoms with E-state index in [1.54, 1.807) is 6.08 Å². The van der Waals surface area contributed by atoms with Gasteiger partial charge in [0.25, 0.3) is 0 Å². The standard InChI is InChI=1S/C24H25N3O2/c28-22-14-12-20(13-15-22)25-23(29)16-11-19-17-27(21-9-5-2-6-10-21)26-24(19)18-7-3-1-4-8-18/h1-11,16-17,20,22,28H,12-15H2,(H,25,29). The van der Waals surface area contributed by atoms with Crippen molar-refractivity contribution in [3.05, 3.63) is 78.5 Å². The van der Waals surface area contributed by atoms with Gasteiger partial charge in [0.1, 0.15) is 0 Å². The van der Waals surface area contributed by atoms with Crippen LogP contribution in [0.3, 0.4) is 0 Å². The summed E-state index contributed by atoms with van der Waals surface area (Å²) >= 11 is 0.